The molecule has 0 saturated heterocycles. The Morgan fingerprint density at radius 1 is 1.17 bits per heavy atom. The monoisotopic (exact) mass is 341 g/mol. The molecule has 1 amide bonds. The summed E-state index contributed by atoms with van der Waals surface area (Å²) in [6.45, 7) is 2.03. The van der Waals surface area contributed by atoms with Crippen LogP contribution in [0.4, 0.5) is 0 Å². The molecule has 0 bridgehead atoms. The van der Waals surface area contributed by atoms with Gasteiger partial charge in [-0.1, -0.05) is 30.7 Å². The Bertz CT molecular complexity index is 800. The van der Waals surface area contributed by atoms with E-state index in [1.54, 1.807) is 24.3 Å². The number of benzene rings is 2. The summed E-state index contributed by atoms with van der Waals surface area (Å²) in [5.74, 6) is -0.125. The molecule has 0 aliphatic heterocycles. The van der Waals surface area contributed by atoms with E-state index in [1.165, 1.54) is 11.0 Å². The number of nitrogens with one attached hydrogen (secondary N) is 1. The number of rotatable bonds is 5. The van der Waals surface area contributed by atoms with E-state index >= 15 is 0 Å². The summed E-state index contributed by atoms with van der Waals surface area (Å²) in [7, 11) is 0. The van der Waals surface area contributed by atoms with Gasteiger partial charge in [-0.2, -0.15) is 0 Å². The van der Waals surface area contributed by atoms with Crippen molar-refractivity contribution in [3.05, 3.63) is 71.0 Å². The molecule has 0 fully saturated rings. The molecule has 1 aromatic heterocycles. The van der Waals surface area contributed by atoms with Crippen molar-refractivity contribution in [2.75, 3.05) is 0 Å². The SMILES string of the molecule is CC[C@@H](NC(=O)c1ccc(-n2cnnn2)cc1)c1ccc(Cl)cc1. The Morgan fingerprint density at radius 2 is 1.88 bits per heavy atom. The van der Waals surface area contributed by atoms with Gasteiger partial charge in [0.25, 0.3) is 5.91 Å². The largest absolute Gasteiger partial charge is 0.345 e. The van der Waals surface area contributed by atoms with Crippen molar-refractivity contribution in [3.8, 4) is 5.69 Å². The quantitative estimate of drug-likeness (QED) is 0.773. The van der Waals surface area contributed by atoms with E-state index in [9.17, 15) is 4.79 Å². The Kier molecular flexibility index (Phi) is 4.86. The number of nitrogens with zero attached hydrogens (tertiary/aromatic N) is 4. The number of hydrogen-bond acceptors (Lipinski definition) is 4. The first-order valence-corrected chi connectivity index (χ1v) is 7.95. The zero-order chi connectivity index (χ0) is 16.9. The van der Waals surface area contributed by atoms with Gasteiger partial charge in [0.15, 0.2) is 0 Å². The van der Waals surface area contributed by atoms with Crippen LogP contribution in [0.2, 0.25) is 5.02 Å². The molecule has 0 spiro atoms. The van der Waals surface area contributed by atoms with Crippen LogP contribution in [0.1, 0.15) is 35.3 Å². The maximum atomic E-state index is 12.5. The molecule has 1 heterocycles. The maximum Gasteiger partial charge on any atom is 0.251 e. The van der Waals surface area contributed by atoms with Crippen molar-refractivity contribution in [2.45, 2.75) is 19.4 Å². The van der Waals surface area contributed by atoms with Crippen LogP contribution in [0.25, 0.3) is 5.69 Å². The minimum atomic E-state index is -0.125. The van der Waals surface area contributed by atoms with Crippen LogP contribution in [0.3, 0.4) is 0 Å². The molecule has 1 atom stereocenters. The van der Waals surface area contributed by atoms with Crippen LogP contribution in [-0.4, -0.2) is 26.1 Å². The number of halogens is 1. The van der Waals surface area contributed by atoms with E-state index in [0.717, 1.165) is 17.7 Å². The topological polar surface area (TPSA) is 72.7 Å². The summed E-state index contributed by atoms with van der Waals surface area (Å²) >= 11 is 5.91. The van der Waals surface area contributed by atoms with Gasteiger partial charge in [0, 0.05) is 10.6 Å². The van der Waals surface area contributed by atoms with Crippen LogP contribution in [-0.2, 0) is 0 Å². The van der Waals surface area contributed by atoms with Gasteiger partial charge < -0.3 is 5.32 Å². The molecule has 0 aliphatic rings. The number of hydrogen-bond donors (Lipinski definition) is 1. The molecule has 3 aromatic rings. The fourth-order valence-corrected chi connectivity index (χ4v) is 2.53. The average Bonchev–Trinajstić information content (AvgIpc) is 3.15. The van der Waals surface area contributed by atoms with Crippen molar-refractivity contribution < 1.29 is 4.79 Å². The zero-order valence-electron chi connectivity index (χ0n) is 13.1. The fourth-order valence-electron chi connectivity index (χ4n) is 2.40. The van der Waals surface area contributed by atoms with E-state index in [2.05, 4.69) is 20.8 Å². The van der Waals surface area contributed by atoms with E-state index in [-0.39, 0.29) is 11.9 Å². The van der Waals surface area contributed by atoms with Crippen molar-refractivity contribution in [2.24, 2.45) is 0 Å². The van der Waals surface area contributed by atoms with E-state index < -0.39 is 0 Å². The number of aromatic nitrogens is 4. The summed E-state index contributed by atoms with van der Waals surface area (Å²) in [6.07, 6.45) is 2.29. The molecule has 7 heteroatoms. The van der Waals surface area contributed by atoms with E-state index in [4.69, 9.17) is 11.6 Å². The van der Waals surface area contributed by atoms with E-state index in [1.807, 2.05) is 31.2 Å². The molecule has 0 unspecified atom stereocenters. The van der Waals surface area contributed by atoms with Crippen LogP contribution in [0.15, 0.2) is 54.9 Å². The standard InChI is InChI=1S/C17H16ClN5O/c1-2-16(12-3-7-14(18)8-4-12)20-17(24)13-5-9-15(10-6-13)23-11-19-21-22-23/h3-11,16H,2H2,1H3,(H,20,24)/t16-/m1/s1. The molecule has 3 rings (SSSR count). The summed E-state index contributed by atoms with van der Waals surface area (Å²) in [6, 6.07) is 14.5. The second-order valence-corrected chi connectivity index (χ2v) is 5.72. The number of carbonyl (C=O) groups excluding carboxylic acids is 1. The number of carbonyl (C=O) groups is 1. The van der Waals surface area contributed by atoms with Crippen LogP contribution < -0.4 is 5.32 Å². The first-order chi connectivity index (χ1) is 11.7. The highest BCUT2D eigenvalue weighted by Crippen LogP contribution is 2.20. The predicted octanol–water partition coefficient (Wildman–Crippen LogP) is 3.20. The van der Waals surface area contributed by atoms with Gasteiger partial charge in [-0.25, -0.2) is 4.68 Å². The van der Waals surface area contributed by atoms with Crippen molar-refractivity contribution in [1.82, 2.24) is 25.5 Å². The van der Waals surface area contributed by atoms with Gasteiger partial charge >= 0.3 is 0 Å². The third kappa shape index (κ3) is 3.60. The molecular formula is C17H16ClN5O. The zero-order valence-corrected chi connectivity index (χ0v) is 13.8. The van der Waals surface area contributed by atoms with Gasteiger partial charge in [0.2, 0.25) is 0 Å². The van der Waals surface area contributed by atoms with Gasteiger partial charge in [-0.3, -0.25) is 4.79 Å². The number of amides is 1. The third-order valence-corrected chi connectivity index (χ3v) is 3.98. The van der Waals surface area contributed by atoms with Crippen molar-refractivity contribution in [3.63, 3.8) is 0 Å². The lowest BCUT2D eigenvalue weighted by Gasteiger charge is -2.17. The molecule has 6 nitrogen and oxygen atoms in total. The molecular weight excluding hydrogens is 326 g/mol. The van der Waals surface area contributed by atoms with Crippen LogP contribution in [0.5, 0.6) is 0 Å². The lowest BCUT2D eigenvalue weighted by Crippen LogP contribution is -2.28. The Hall–Kier alpha value is -2.73. The predicted molar refractivity (Wildman–Crippen MR) is 91.1 cm³/mol. The van der Waals surface area contributed by atoms with Crippen LogP contribution >= 0.6 is 11.6 Å². The summed E-state index contributed by atoms with van der Waals surface area (Å²) in [4.78, 5) is 12.5. The molecule has 122 valence electrons. The molecule has 0 radical (unpaired) electrons. The summed E-state index contributed by atoms with van der Waals surface area (Å²) in [5.41, 5.74) is 2.40. The highest BCUT2D eigenvalue weighted by Gasteiger charge is 2.14. The van der Waals surface area contributed by atoms with Crippen molar-refractivity contribution >= 4 is 17.5 Å². The normalized spacial score (nSPS) is 11.9. The van der Waals surface area contributed by atoms with Gasteiger partial charge in [0.1, 0.15) is 6.33 Å². The van der Waals surface area contributed by atoms with E-state index in [0.29, 0.717) is 10.6 Å². The molecule has 24 heavy (non-hydrogen) atoms. The van der Waals surface area contributed by atoms with Gasteiger partial charge in [-0.15, -0.1) is 5.10 Å². The highest BCUT2D eigenvalue weighted by molar-refractivity contribution is 6.30. The summed E-state index contributed by atoms with van der Waals surface area (Å²) < 4.78 is 1.53. The first-order valence-electron chi connectivity index (χ1n) is 7.57. The highest BCUT2D eigenvalue weighted by atomic mass is 35.5. The lowest BCUT2D eigenvalue weighted by molar-refractivity contribution is 0.0935. The molecule has 0 saturated carbocycles. The molecule has 0 aliphatic carbocycles. The maximum absolute atomic E-state index is 12.5. The third-order valence-electron chi connectivity index (χ3n) is 3.73. The minimum absolute atomic E-state index is 0.0611. The smallest absolute Gasteiger partial charge is 0.251 e. The Labute approximate surface area is 144 Å². The van der Waals surface area contributed by atoms with Crippen molar-refractivity contribution in [1.29, 1.82) is 0 Å². The lowest BCUT2D eigenvalue weighted by atomic mass is 10.0. The minimum Gasteiger partial charge on any atom is -0.345 e. The summed E-state index contributed by atoms with van der Waals surface area (Å²) in [5, 5.41) is 14.7. The fraction of sp³-hybridized carbons (Fsp3) is 0.176. The van der Waals surface area contributed by atoms with Gasteiger partial charge in [-0.05, 0) is 58.8 Å². The first kappa shape index (κ1) is 16.1. The van der Waals surface area contributed by atoms with Crippen LogP contribution in [0, 0.1) is 0 Å². The molecule has 1 N–H and O–H groups in total. The Morgan fingerprint density at radius 3 is 2.46 bits per heavy atom. The second kappa shape index (κ2) is 7.23. The number of tetrazole rings is 1. The second-order valence-electron chi connectivity index (χ2n) is 5.29. The molecule has 2 aromatic carbocycles. The Balaban J connectivity index is 1.72. The van der Waals surface area contributed by atoms with Gasteiger partial charge in [0.05, 0.1) is 11.7 Å². The average molecular weight is 342 g/mol.